The maximum absolute atomic E-state index is 11.0. The molecule has 21 heavy (non-hydrogen) atoms. The number of unbranched alkanes of at least 4 members (excludes halogenated alkanes) is 10. The van der Waals surface area contributed by atoms with E-state index in [2.05, 4.69) is 18.8 Å². The Hall–Kier alpha value is -0.860. The van der Waals surface area contributed by atoms with Crippen molar-refractivity contribution in [2.45, 2.75) is 97.3 Å². The van der Waals surface area contributed by atoms with Crippen molar-refractivity contribution < 1.29 is 9.90 Å². The first-order chi connectivity index (χ1) is 10.2. The molecule has 0 saturated carbocycles. The van der Waals surface area contributed by atoms with Crippen molar-refractivity contribution in [1.29, 1.82) is 0 Å². The molecule has 0 aliphatic carbocycles. The molecule has 0 spiro atoms. The fraction of sp³-hybridized carbons (Fsp3) is 0.889. The van der Waals surface area contributed by atoms with Crippen LogP contribution in [0.25, 0.3) is 0 Å². The first kappa shape index (κ1) is 20.1. The van der Waals surface area contributed by atoms with E-state index in [-0.39, 0.29) is 0 Å². The highest BCUT2D eigenvalue weighted by molar-refractivity contribution is 6.35. The quantitative estimate of drug-likeness (QED) is 0.315. The number of aliphatic imine (C=N–C) groups is 1. The van der Waals surface area contributed by atoms with Crippen molar-refractivity contribution in [3.05, 3.63) is 0 Å². The molecule has 0 heterocycles. The summed E-state index contributed by atoms with van der Waals surface area (Å²) in [7, 11) is 0. The molecule has 0 atom stereocenters. The van der Waals surface area contributed by atoms with Gasteiger partial charge in [0.25, 0.3) is 0 Å². The van der Waals surface area contributed by atoms with Crippen LogP contribution in [0, 0.1) is 0 Å². The average molecular weight is 297 g/mol. The topological polar surface area (TPSA) is 49.7 Å². The lowest BCUT2D eigenvalue weighted by atomic mass is 10.1. The third kappa shape index (κ3) is 13.9. The summed E-state index contributed by atoms with van der Waals surface area (Å²) in [5, 5.41) is 9.03. The molecule has 0 aromatic rings. The van der Waals surface area contributed by atoms with E-state index in [1.54, 1.807) is 0 Å². The number of nitrogens with zero attached hydrogens (tertiary/aromatic N) is 1. The third-order valence-electron chi connectivity index (χ3n) is 3.83. The molecular weight excluding hydrogens is 262 g/mol. The number of carbonyl (C=O) groups is 1. The third-order valence-corrected chi connectivity index (χ3v) is 3.83. The van der Waals surface area contributed by atoms with Crippen LogP contribution in [0.5, 0.6) is 0 Å². The van der Waals surface area contributed by atoms with Gasteiger partial charge in [-0.25, -0.2) is 4.79 Å². The first-order valence-corrected chi connectivity index (χ1v) is 8.99. The van der Waals surface area contributed by atoms with Crippen molar-refractivity contribution in [3.8, 4) is 0 Å². The van der Waals surface area contributed by atoms with E-state index in [9.17, 15) is 4.79 Å². The lowest BCUT2D eigenvalue weighted by molar-refractivity contribution is -0.129. The molecule has 0 rings (SSSR count). The van der Waals surface area contributed by atoms with E-state index in [4.69, 9.17) is 5.11 Å². The van der Waals surface area contributed by atoms with Gasteiger partial charge in [-0.2, -0.15) is 0 Å². The minimum atomic E-state index is -0.837. The minimum absolute atomic E-state index is 0.368. The van der Waals surface area contributed by atoms with Gasteiger partial charge in [-0.1, -0.05) is 78.1 Å². The molecule has 0 fully saturated rings. The van der Waals surface area contributed by atoms with Gasteiger partial charge in [0.05, 0.1) is 0 Å². The van der Waals surface area contributed by atoms with Crippen LogP contribution in [0.4, 0.5) is 0 Å². The first-order valence-electron chi connectivity index (χ1n) is 8.99. The Balaban J connectivity index is 3.46. The summed E-state index contributed by atoms with van der Waals surface area (Å²) in [6, 6.07) is 0. The van der Waals surface area contributed by atoms with Crippen LogP contribution in [-0.2, 0) is 4.79 Å². The highest BCUT2D eigenvalue weighted by Crippen LogP contribution is 2.10. The number of carboxylic acid groups (broad SMARTS) is 1. The van der Waals surface area contributed by atoms with Gasteiger partial charge in [0.15, 0.2) is 0 Å². The Morgan fingerprint density at radius 2 is 1.24 bits per heavy atom. The Kier molecular flexibility index (Phi) is 14.9. The van der Waals surface area contributed by atoms with Crippen LogP contribution in [0.1, 0.15) is 97.3 Å². The fourth-order valence-electron chi connectivity index (χ4n) is 2.41. The normalized spacial score (nSPS) is 11.8. The molecule has 0 aromatic carbocycles. The Bertz CT molecular complexity index is 274. The number of carboxylic acids is 1. The van der Waals surface area contributed by atoms with Crippen molar-refractivity contribution in [1.82, 2.24) is 0 Å². The summed E-state index contributed by atoms with van der Waals surface area (Å²) in [4.78, 5) is 15.2. The summed E-state index contributed by atoms with van der Waals surface area (Å²) < 4.78 is 0. The summed E-state index contributed by atoms with van der Waals surface area (Å²) in [6.07, 6.45) is 15.5. The van der Waals surface area contributed by atoms with Crippen molar-refractivity contribution in [3.63, 3.8) is 0 Å². The average Bonchev–Trinajstić information content (AvgIpc) is 2.47. The number of aliphatic carboxylic acids is 1. The maximum Gasteiger partial charge on any atom is 0.349 e. The van der Waals surface area contributed by atoms with Crippen LogP contribution in [-0.4, -0.2) is 23.3 Å². The van der Waals surface area contributed by atoms with Crippen molar-refractivity contribution >= 4 is 11.7 Å². The second-order valence-corrected chi connectivity index (χ2v) is 5.92. The van der Waals surface area contributed by atoms with Crippen molar-refractivity contribution in [2.24, 2.45) is 4.99 Å². The lowest BCUT2D eigenvalue weighted by Crippen LogP contribution is -2.13. The monoisotopic (exact) mass is 297 g/mol. The van der Waals surface area contributed by atoms with Crippen LogP contribution >= 0.6 is 0 Å². The van der Waals surface area contributed by atoms with Gasteiger partial charge in [0, 0.05) is 6.54 Å². The molecule has 0 unspecified atom stereocenters. The van der Waals surface area contributed by atoms with Gasteiger partial charge < -0.3 is 5.11 Å². The highest BCUT2D eigenvalue weighted by atomic mass is 16.4. The zero-order chi connectivity index (χ0) is 15.8. The van der Waals surface area contributed by atoms with Gasteiger partial charge in [-0.05, 0) is 19.3 Å². The zero-order valence-electron chi connectivity index (χ0n) is 14.2. The zero-order valence-corrected chi connectivity index (χ0v) is 14.2. The largest absolute Gasteiger partial charge is 0.477 e. The van der Waals surface area contributed by atoms with Crippen LogP contribution in [0.15, 0.2) is 4.99 Å². The number of rotatable bonds is 15. The maximum atomic E-state index is 11.0. The molecule has 0 aliphatic heterocycles. The minimum Gasteiger partial charge on any atom is -0.477 e. The standard InChI is InChI=1S/C18H35NO2/c1-3-5-7-8-9-10-11-12-13-14-16-19-17(18(20)21)15-6-4-2/h3-16H2,1-2H3,(H,20,21). The van der Waals surface area contributed by atoms with E-state index >= 15 is 0 Å². The van der Waals surface area contributed by atoms with E-state index in [1.807, 2.05) is 0 Å². The molecule has 0 aliphatic rings. The molecule has 3 nitrogen and oxygen atoms in total. The van der Waals surface area contributed by atoms with Gasteiger partial charge in [0.1, 0.15) is 5.71 Å². The van der Waals surface area contributed by atoms with Gasteiger partial charge in [0.2, 0.25) is 0 Å². The van der Waals surface area contributed by atoms with E-state index < -0.39 is 5.97 Å². The lowest BCUT2D eigenvalue weighted by Gasteiger charge is -2.02. The summed E-state index contributed by atoms with van der Waals surface area (Å²) in [5.41, 5.74) is 0.368. The molecule has 0 aromatic heterocycles. The molecule has 3 heteroatoms. The SMILES string of the molecule is CCCCCCCCCCCCN=C(CCCC)C(=O)O. The number of hydrogen-bond donors (Lipinski definition) is 1. The predicted molar refractivity (Wildman–Crippen MR) is 91.3 cm³/mol. The number of hydrogen-bond acceptors (Lipinski definition) is 2. The molecule has 1 N–H and O–H groups in total. The second kappa shape index (κ2) is 15.5. The van der Waals surface area contributed by atoms with Gasteiger partial charge in [-0.3, -0.25) is 4.99 Å². The smallest absolute Gasteiger partial charge is 0.349 e. The molecule has 124 valence electrons. The van der Waals surface area contributed by atoms with E-state index in [0.717, 1.165) is 19.3 Å². The van der Waals surface area contributed by atoms with Crippen molar-refractivity contribution in [2.75, 3.05) is 6.54 Å². The molecule has 0 radical (unpaired) electrons. The summed E-state index contributed by atoms with van der Waals surface area (Å²) >= 11 is 0. The molecular formula is C18H35NO2. The second-order valence-electron chi connectivity index (χ2n) is 5.92. The predicted octanol–water partition coefficient (Wildman–Crippen LogP) is 5.62. The van der Waals surface area contributed by atoms with Gasteiger partial charge >= 0.3 is 5.97 Å². The molecule has 0 saturated heterocycles. The van der Waals surface area contributed by atoms with Crippen LogP contribution in [0.3, 0.4) is 0 Å². The summed E-state index contributed by atoms with van der Waals surface area (Å²) in [6.45, 7) is 5.00. The highest BCUT2D eigenvalue weighted by Gasteiger charge is 2.07. The molecule has 0 amide bonds. The Morgan fingerprint density at radius 1 is 0.762 bits per heavy atom. The summed E-state index contributed by atoms with van der Waals surface area (Å²) in [5.74, 6) is -0.837. The Labute approximate surface area is 131 Å². The van der Waals surface area contributed by atoms with Crippen LogP contribution in [0.2, 0.25) is 0 Å². The fourth-order valence-corrected chi connectivity index (χ4v) is 2.41. The van der Waals surface area contributed by atoms with Crippen LogP contribution < -0.4 is 0 Å². The van der Waals surface area contributed by atoms with E-state index in [0.29, 0.717) is 18.7 Å². The molecule has 0 bridgehead atoms. The Morgan fingerprint density at radius 3 is 1.71 bits per heavy atom. The van der Waals surface area contributed by atoms with Gasteiger partial charge in [-0.15, -0.1) is 0 Å². The van der Waals surface area contributed by atoms with E-state index in [1.165, 1.54) is 57.8 Å².